The summed E-state index contributed by atoms with van der Waals surface area (Å²) in [4.78, 5) is 24.6. The summed E-state index contributed by atoms with van der Waals surface area (Å²) in [5, 5.41) is 11.5. The van der Waals surface area contributed by atoms with Gasteiger partial charge in [0, 0.05) is 18.5 Å². The number of carboxylic acids is 1. The molecule has 0 saturated heterocycles. The first-order valence-electron chi connectivity index (χ1n) is 7.30. The quantitative estimate of drug-likeness (QED) is 0.635. The van der Waals surface area contributed by atoms with Crippen LogP contribution in [0, 0.1) is 0 Å². The van der Waals surface area contributed by atoms with Gasteiger partial charge in [-0.25, -0.2) is 0 Å². The van der Waals surface area contributed by atoms with Crippen LogP contribution in [0.15, 0.2) is 0 Å². The van der Waals surface area contributed by atoms with Gasteiger partial charge in [0.25, 0.3) is 0 Å². The molecule has 1 rings (SSSR count). The zero-order valence-electron chi connectivity index (χ0n) is 12.5. The number of nitrogens with zero attached hydrogens (tertiary/aromatic N) is 1. The lowest BCUT2D eigenvalue weighted by Crippen LogP contribution is -2.55. The molecule has 1 saturated carbocycles. The Balaban J connectivity index is 2.46. The van der Waals surface area contributed by atoms with Gasteiger partial charge in [0.05, 0.1) is 6.04 Å². The zero-order valence-corrected chi connectivity index (χ0v) is 12.5. The molecule has 0 spiro atoms. The summed E-state index contributed by atoms with van der Waals surface area (Å²) in [6, 6.07) is -0.742. The van der Waals surface area contributed by atoms with Crippen molar-refractivity contribution in [2.24, 2.45) is 5.73 Å². The van der Waals surface area contributed by atoms with Crippen molar-refractivity contribution in [2.45, 2.75) is 56.5 Å². The van der Waals surface area contributed by atoms with E-state index in [4.69, 9.17) is 10.8 Å². The molecule has 0 aliphatic heterocycles. The summed E-state index contributed by atoms with van der Waals surface area (Å²) in [6.45, 7) is 0.583. The third-order valence-electron chi connectivity index (χ3n) is 4.33. The van der Waals surface area contributed by atoms with Crippen LogP contribution in [0.4, 0.5) is 0 Å². The van der Waals surface area contributed by atoms with Crippen molar-refractivity contribution < 1.29 is 14.7 Å². The second-order valence-corrected chi connectivity index (χ2v) is 5.94. The largest absolute Gasteiger partial charge is 0.481 e. The van der Waals surface area contributed by atoms with Crippen molar-refractivity contribution in [1.82, 2.24) is 10.2 Å². The van der Waals surface area contributed by atoms with Crippen LogP contribution >= 0.6 is 0 Å². The van der Waals surface area contributed by atoms with Gasteiger partial charge in [-0.2, -0.15) is 0 Å². The van der Waals surface area contributed by atoms with E-state index in [1.165, 1.54) is 19.3 Å². The number of carbonyl (C=O) groups excluding carboxylic acids is 1. The summed E-state index contributed by atoms with van der Waals surface area (Å²) < 4.78 is 0. The van der Waals surface area contributed by atoms with E-state index in [2.05, 4.69) is 10.2 Å². The Kier molecular flexibility index (Phi) is 6.42. The number of hydrogen-bond acceptors (Lipinski definition) is 4. The average Bonchev–Trinajstić information content (AvgIpc) is 2.42. The van der Waals surface area contributed by atoms with Gasteiger partial charge < -0.3 is 21.1 Å². The number of carboxylic acid groups (broad SMARTS) is 1. The Morgan fingerprint density at radius 2 is 1.90 bits per heavy atom. The predicted molar refractivity (Wildman–Crippen MR) is 77.4 cm³/mol. The van der Waals surface area contributed by atoms with E-state index in [0.717, 1.165) is 12.8 Å². The molecular weight excluding hydrogens is 258 g/mol. The van der Waals surface area contributed by atoms with Crippen LogP contribution in [0.5, 0.6) is 0 Å². The van der Waals surface area contributed by atoms with Gasteiger partial charge in [-0.15, -0.1) is 0 Å². The Bertz CT molecular complexity index is 339. The molecule has 0 radical (unpaired) electrons. The molecule has 20 heavy (non-hydrogen) atoms. The second-order valence-electron chi connectivity index (χ2n) is 5.94. The number of aliphatic carboxylic acids is 1. The molecule has 4 N–H and O–H groups in total. The number of nitrogens with two attached hydrogens (primary N) is 1. The number of carbonyl (C=O) groups is 2. The summed E-state index contributed by atoms with van der Waals surface area (Å²) in [7, 11) is 4.09. The summed E-state index contributed by atoms with van der Waals surface area (Å²) in [6.07, 6.45) is 5.86. The van der Waals surface area contributed by atoms with Gasteiger partial charge in [0.15, 0.2) is 0 Å². The fraction of sp³-hybridized carbons (Fsp3) is 0.857. The smallest absolute Gasteiger partial charge is 0.303 e. The van der Waals surface area contributed by atoms with Crippen LogP contribution < -0.4 is 11.1 Å². The Hall–Kier alpha value is -1.14. The molecule has 1 atom stereocenters. The van der Waals surface area contributed by atoms with Crippen molar-refractivity contribution >= 4 is 11.9 Å². The highest BCUT2D eigenvalue weighted by atomic mass is 16.4. The van der Waals surface area contributed by atoms with Crippen LogP contribution in [0.1, 0.15) is 44.9 Å². The van der Waals surface area contributed by atoms with Gasteiger partial charge >= 0.3 is 5.97 Å². The summed E-state index contributed by atoms with van der Waals surface area (Å²) in [5.41, 5.74) is 5.73. The number of nitrogens with one attached hydrogen (secondary N) is 1. The van der Waals surface area contributed by atoms with Gasteiger partial charge in [-0.05, 0) is 33.4 Å². The first-order chi connectivity index (χ1) is 9.37. The monoisotopic (exact) mass is 285 g/mol. The first-order valence-corrected chi connectivity index (χ1v) is 7.30. The summed E-state index contributed by atoms with van der Waals surface area (Å²) in [5.74, 6) is -1.18. The topological polar surface area (TPSA) is 95.7 Å². The standard InChI is InChI=1S/C14H27N3O3/c1-17(2)14(8-4-3-5-9-14)10-16-13(20)11(15)6-7-12(18)19/h11H,3-10,15H2,1-2H3,(H,16,20)(H,18,19). The summed E-state index contributed by atoms with van der Waals surface area (Å²) >= 11 is 0. The fourth-order valence-corrected chi connectivity index (χ4v) is 2.78. The maximum Gasteiger partial charge on any atom is 0.303 e. The minimum absolute atomic E-state index is 0.0143. The molecule has 1 unspecified atom stereocenters. The number of likely N-dealkylation sites (N-methyl/N-ethyl adjacent to an activating group) is 1. The molecule has 0 bridgehead atoms. The maximum absolute atomic E-state index is 11.9. The second kappa shape index (κ2) is 7.59. The van der Waals surface area contributed by atoms with Gasteiger partial charge in [-0.3, -0.25) is 9.59 Å². The molecule has 1 fully saturated rings. The van der Waals surface area contributed by atoms with Crippen molar-refractivity contribution in [3.8, 4) is 0 Å². The molecule has 1 aliphatic carbocycles. The number of hydrogen-bond donors (Lipinski definition) is 3. The van der Waals surface area contributed by atoms with Crippen molar-refractivity contribution in [2.75, 3.05) is 20.6 Å². The number of rotatable bonds is 7. The lowest BCUT2D eigenvalue weighted by Gasteiger charge is -2.43. The molecule has 6 heteroatoms. The molecule has 116 valence electrons. The Labute approximate surface area is 120 Å². The highest BCUT2D eigenvalue weighted by molar-refractivity contribution is 5.82. The lowest BCUT2D eigenvalue weighted by atomic mass is 9.80. The van der Waals surface area contributed by atoms with E-state index in [1.807, 2.05) is 14.1 Å². The number of amides is 1. The first kappa shape index (κ1) is 16.9. The average molecular weight is 285 g/mol. The van der Waals surface area contributed by atoms with Crippen molar-refractivity contribution in [1.29, 1.82) is 0 Å². The van der Waals surface area contributed by atoms with Gasteiger partial charge in [0.2, 0.25) is 5.91 Å². The van der Waals surface area contributed by atoms with Crippen LogP contribution in [-0.4, -0.2) is 54.1 Å². The Morgan fingerprint density at radius 1 is 1.30 bits per heavy atom. The molecule has 1 amide bonds. The van der Waals surface area contributed by atoms with E-state index in [9.17, 15) is 9.59 Å². The predicted octanol–water partition coefficient (Wildman–Crippen LogP) is 0.559. The molecule has 0 aromatic heterocycles. The SMILES string of the molecule is CN(C)C1(CNC(=O)C(N)CCC(=O)O)CCCCC1. The third kappa shape index (κ3) is 4.76. The molecule has 0 aromatic rings. The highest BCUT2D eigenvalue weighted by Crippen LogP contribution is 2.31. The van der Waals surface area contributed by atoms with E-state index >= 15 is 0 Å². The molecule has 0 heterocycles. The van der Waals surface area contributed by atoms with Crippen molar-refractivity contribution in [3.63, 3.8) is 0 Å². The van der Waals surface area contributed by atoms with Gasteiger partial charge in [-0.1, -0.05) is 19.3 Å². The van der Waals surface area contributed by atoms with Crippen LogP contribution in [0.2, 0.25) is 0 Å². The highest BCUT2D eigenvalue weighted by Gasteiger charge is 2.34. The van der Waals surface area contributed by atoms with E-state index in [-0.39, 0.29) is 24.3 Å². The molecular formula is C14H27N3O3. The molecule has 0 aromatic carbocycles. The van der Waals surface area contributed by atoms with Gasteiger partial charge in [0.1, 0.15) is 0 Å². The van der Waals surface area contributed by atoms with Crippen LogP contribution in [-0.2, 0) is 9.59 Å². The lowest BCUT2D eigenvalue weighted by molar-refractivity contribution is -0.137. The third-order valence-corrected chi connectivity index (χ3v) is 4.33. The van der Waals surface area contributed by atoms with E-state index in [0.29, 0.717) is 6.54 Å². The van der Waals surface area contributed by atoms with E-state index < -0.39 is 12.0 Å². The zero-order chi connectivity index (χ0) is 15.2. The van der Waals surface area contributed by atoms with E-state index in [1.54, 1.807) is 0 Å². The normalized spacial score (nSPS) is 19.6. The minimum atomic E-state index is -0.926. The van der Waals surface area contributed by atoms with Crippen LogP contribution in [0.3, 0.4) is 0 Å². The fourth-order valence-electron chi connectivity index (χ4n) is 2.78. The molecule has 1 aliphatic rings. The minimum Gasteiger partial charge on any atom is -0.481 e. The van der Waals surface area contributed by atoms with Crippen molar-refractivity contribution in [3.05, 3.63) is 0 Å². The van der Waals surface area contributed by atoms with Crippen LogP contribution in [0.25, 0.3) is 0 Å². The molecule has 6 nitrogen and oxygen atoms in total. The Morgan fingerprint density at radius 3 is 2.40 bits per heavy atom. The maximum atomic E-state index is 11.9.